The molecule has 1 saturated carbocycles. The van der Waals surface area contributed by atoms with Crippen LogP contribution in [0.2, 0.25) is 0 Å². The fourth-order valence-corrected chi connectivity index (χ4v) is 4.20. The van der Waals surface area contributed by atoms with Crippen molar-refractivity contribution in [1.82, 2.24) is 9.80 Å². The lowest BCUT2D eigenvalue weighted by atomic mass is 9.66. The van der Waals surface area contributed by atoms with Gasteiger partial charge in [-0.05, 0) is 43.9 Å². The minimum atomic E-state index is -0.208. The van der Waals surface area contributed by atoms with Crippen LogP contribution in [-0.4, -0.2) is 46.8 Å². The van der Waals surface area contributed by atoms with E-state index < -0.39 is 0 Å². The third-order valence-electron chi connectivity index (χ3n) is 5.82. The van der Waals surface area contributed by atoms with Gasteiger partial charge >= 0.3 is 0 Å². The molecule has 0 bridgehead atoms. The van der Waals surface area contributed by atoms with E-state index in [0.717, 1.165) is 38.8 Å². The highest BCUT2D eigenvalue weighted by Gasteiger charge is 2.49. The van der Waals surface area contributed by atoms with E-state index in [0.29, 0.717) is 5.41 Å². The summed E-state index contributed by atoms with van der Waals surface area (Å²) in [5.41, 5.74) is 0.296. The van der Waals surface area contributed by atoms with Gasteiger partial charge in [0, 0.05) is 13.1 Å². The predicted molar refractivity (Wildman–Crippen MR) is 77.1 cm³/mol. The second kappa shape index (κ2) is 5.05. The first-order valence-corrected chi connectivity index (χ1v) is 8.23. The molecule has 0 spiro atoms. The summed E-state index contributed by atoms with van der Waals surface area (Å²) in [5, 5.41) is 0. The molecule has 2 unspecified atom stereocenters. The molecule has 0 N–H and O–H groups in total. The summed E-state index contributed by atoms with van der Waals surface area (Å²) in [7, 11) is 0. The van der Waals surface area contributed by atoms with Crippen molar-refractivity contribution in [2.75, 3.05) is 13.1 Å². The minimum absolute atomic E-state index is 0.153. The number of hydrogen-bond donors (Lipinski definition) is 0. The number of carbonyl (C=O) groups excluding carboxylic acids is 2. The molecule has 0 aromatic heterocycles. The quantitative estimate of drug-likeness (QED) is 0.791. The zero-order valence-corrected chi connectivity index (χ0v) is 12.7. The minimum Gasteiger partial charge on any atom is -0.329 e. The number of nitrogens with zero attached hydrogens (tertiary/aromatic N) is 2. The highest BCUT2D eigenvalue weighted by molar-refractivity contribution is 5.97. The highest BCUT2D eigenvalue weighted by atomic mass is 16.2. The molecule has 112 valence electrons. The van der Waals surface area contributed by atoms with E-state index in [9.17, 15) is 9.59 Å². The van der Waals surface area contributed by atoms with E-state index in [1.807, 2.05) is 16.7 Å². The van der Waals surface area contributed by atoms with Gasteiger partial charge in [0.1, 0.15) is 12.1 Å². The number of amides is 2. The van der Waals surface area contributed by atoms with Crippen LogP contribution in [0.15, 0.2) is 0 Å². The van der Waals surface area contributed by atoms with E-state index in [1.165, 1.54) is 19.3 Å². The van der Waals surface area contributed by atoms with Crippen molar-refractivity contribution < 1.29 is 9.59 Å². The van der Waals surface area contributed by atoms with E-state index in [1.54, 1.807) is 0 Å². The van der Waals surface area contributed by atoms with Gasteiger partial charge in [-0.15, -0.1) is 0 Å². The SMILES string of the molecule is CCC1C(=O)N2CCCC2C(=O)N1CC1(CC)CCC1. The molecule has 0 aromatic rings. The Morgan fingerprint density at radius 1 is 1.15 bits per heavy atom. The number of fused-ring (bicyclic) bond motifs is 1. The van der Waals surface area contributed by atoms with Gasteiger partial charge in [-0.1, -0.05) is 20.3 Å². The maximum atomic E-state index is 12.8. The van der Waals surface area contributed by atoms with Crippen molar-refractivity contribution in [3.8, 4) is 0 Å². The lowest BCUT2D eigenvalue weighted by Gasteiger charge is -2.49. The van der Waals surface area contributed by atoms with E-state index in [2.05, 4.69) is 6.92 Å². The Morgan fingerprint density at radius 2 is 1.90 bits per heavy atom. The van der Waals surface area contributed by atoms with Gasteiger partial charge < -0.3 is 9.80 Å². The molecule has 2 atom stereocenters. The summed E-state index contributed by atoms with van der Waals surface area (Å²) in [6.45, 7) is 5.83. The number of hydrogen-bond acceptors (Lipinski definition) is 2. The van der Waals surface area contributed by atoms with Crippen molar-refractivity contribution >= 4 is 11.8 Å². The van der Waals surface area contributed by atoms with E-state index >= 15 is 0 Å². The number of carbonyl (C=O) groups is 2. The average Bonchev–Trinajstić information content (AvgIpc) is 2.89. The lowest BCUT2D eigenvalue weighted by Crippen LogP contribution is -2.64. The molecule has 0 radical (unpaired) electrons. The highest BCUT2D eigenvalue weighted by Crippen LogP contribution is 2.45. The summed E-state index contributed by atoms with van der Waals surface area (Å²) in [6.07, 6.45) is 7.40. The van der Waals surface area contributed by atoms with E-state index in [4.69, 9.17) is 0 Å². The topological polar surface area (TPSA) is 40.6 Å². The smallest absolute Gasteiger partial charge is 0.246 e. The van der Waals surface area contributed by atoms with Crippen LogP contribution in [0.3, 0.4) is 0 Å². The first-order chi connectivity index (χ1) is 9.62. The van der Waals surface area contributed by atoms with Crippen LogP contribution in [0.5, 0.6) is 0 Å². The van der Waals surface area contributed by atoms with Crippen molar-refractivity contribution in [2.24, 2.45) is 5.41 Å². The molecule has 3 rings (SSSR count). The largest absolute Gasteiger partial charge is 0.329 e. The summed E-state index contributed by atoms with van der Waals surface area (Å²) < 4.78 is 0. The first-order valence-electron chi connectivity index (χ1n) is 8.23. The molecule has 20 heavy (non-hydrogen) atoms. The normalized spacial score (nSPS) is 32.3. The van der Waals surface area contributed by atoms with Gasteiger partial charge in [0.05, 0.1) is 0 Å². The standard InChI is InChI=1S/C16H26N2O2/c1-3-12-14(19)17-10-5-7-13(17)15(20)18(12)11-16(4-2)8-6-9-16/h12-13H,3-11H2,1-2H3. The Kier molecular flexibility index (Phi) is 3.51. The van der Waals surface area contributed by atoms with Crippen molar-refractivity contribution in [3.05, 3.63) is 0 Å². The van der Waals surface area contributed by atoms with Crippen LogP contribution in [0.1, 0.15) is 58.8 Å². The second-order valence-electron chi connectivity index (χ2n) is 6.79. The predicted octanol–water partition coefficient (Wildman–Crippen LogP) is 2.18. The van der Waals surface area contributed by atoms with Crippen molar-refractivity contribution in [1.29, 1.82) is 0 Å². The Bertz CT molecular complexity index is 411. The Balaban J connectivity index is 1.83. The van der Waals surface area contributed by atoms with Crippen LogP contribution >= 0.6 is 0 Å². The summed E-state index contributed by atoms with van der Waals surface area (Å²) in [4.78, 5) is 29.2. The molecule has 2 heterocycles. The Hall–Kier alpha value is -1.06. The maximum Gasteiger partial charge on any atom is 0.246 e. The first kappa shape index (κ1) is 13.9. The van der Waals surface area contributed by atoms with Crippen molar-refractivity contribution in [2.45, 2.75) is 70.9 Å². The Labute approximate surface area is 121 Å². The van der Waals surface area contributed by atoms with Gasteiger partial charge in [0.25, 0.3) is 0 Å². The number of rotatable bonds is 4. The third kappa shape index (κ3) is 1.95. The van der Waals surface area contributed by atoms with Crippen LogP contribution < -0.4 is 0 Å². The molecular formula is C16H26N2O2. The van der Waals surface area contributed by atoms with Gasteiger partial charge in [0.2, 0.25) is 11.8 Å². The lowest BCUT2D eigenvalue weighted by molar-refractivity contribution is -0.162. The van der Waals surface area contributed by atoms with Gasteiger partial charge in [-0.3, -0.25) is 9.59 Å². The molecule has 4 nitrogen and oxygen atoms in total. The van der Waals surface area contributed by atoms with Crippen LogP contribution in [0.4, 0.5) is 0 Å². The molecule has 3 aliphatic rings. The zero-order chi connectivity index (χ0) is 14.3. The zero-order valence-electron chi connectivity index (χ0n) is 12.7. The Morgan fingerprint density at radius 3 is 2.45 bits per heavy atom. The fourth-order valence-electron chi connectivity index (χ4n) is 4.20. The molecule has 3 fully saturated rings. The van der Waals surface area contributed by atoms with Crippen LogP contribution in [0.25, 0.3) is 0 Å². The monoisotopic (exact) mass is 278 g/mol. The second-order valence-corrected chi connectivity index (χ2v) is 6.79. The molecule has 4 heteroatoms. The summed E-state index contributed by atoms with van der Waals surface area (Å²) in [5.74, 6) is 0.411. The van der Waals surface area contributed by atoms with Crippen LogP contribution in [0, 0.1) is 5.41 Å². The molecule has 0 aromatic carbocycles. The molecule has 1 aliphatic carbocycles. The van der Waals surface area contributed by atoms with Gasteiger partial charge in [-0.25, -0.2) is 0 Å². The summed E-state index contributed by atoms with van der Waals surface area (Å²) in [6, 6.07) is -0.361. The van der Waals surface area contributed by atoms with Gasteiger partial charge in [0.15, 0.2) is 0 Å². The van der Waals surface area contributed by atoms with Gasteiger partial charge in [-0.2, -0.15) is 0 Å². The van der Waals surface area contributed by atoms with Crippen LogP contribution in [-0.2, 0) is 9.59 Å². The summed E-state index contributed by atoms with van der Waals surface area (Å²) >= 11 is 0. The molecule has 2 amide bonds. The third-order valence-corrected chi connectivity index (χ3v) is 5.82. The number of piperazine rings is 1. The molecule has 2 aliphatic heterocycles. The fraction of sp³-hybridized carbons (Fsp3) is 0.875. The van der Waals surface area contributed by atoms with E-state index in [-0.39, 0.29) is 23.9 Å². The average molecular weight is 278 g/mol. The molecular weight excluding hydrogens is 252 g/mol. The maximum absolute atomic E-state index is 12.8. The van der Waals surface area contributed by atoms with Crippen molar-refractivity contribution in [3.63, 3.8) is 0 Å². The molecule has 2 saturated heterocycles.